The smallest absolute Gasteiger partial charge is 0.376 e. The van der Waals surface area contributed by atoms with Crippen LogP contribution in [0.5, 0.6) is 0 Å². The highest BCUT2D eigenvalue weighted by Gasteiger charge is 2.33. The van der Waals surface area contributed by atoms with Crippen LogP contribution in [0, 0.1) is 11.6 Å². The van der Waals surface area contributed by atoms with Crippen molar-refractivity contribution in [2.24, 2.45) is 0 Å². The van der Waals surface area contributed by atoms with Gasteiger partial charge in [0.15, 0.2) is 0 Å². The van der Waals surface area contributed by atoms with Crippen molar-refractivity contribution in [2.75, 3.05) is 17.2 Å². The van der Waals surface area contributed by atoms with Gasteiger partial charge < -0.3 is 10.6 Å². The summed E-state index contributed by atoms with van der Waals surface area (Å²) in [6, 6.07) is 5.97. The van der Waals surface area contributed by atoms with Gasteiger partial charge in [0.1, 0.15) is 17.3 Å². The van der Waals surface area contributed by atoms with E-state index in [0.29, 0.717) is 6.07 Å². The molecule has 0 unspecified atom stereocenters. The molecular formula is C15H10ClF5N2O. The van der Waals surface area contributed by atoms with Crippen LogP contribution in [-0.4, -0.2) is 12.5 Å². The Morgan fingerprint density at radius 3 is 2.29 bits per heavy atom. The van der Waals surface area contributed by atoms with E-state index in [0.717, 1.165) is 24.3 Å². The number of halogens is 6. The number of alkyl halides is 3. The lowest BCUT2D eigenvalue weighted by atomic mass is 10.1. The number of rotatable bonds is 4. The van der Waals surface area contributed by atoms with Crippen molar-refractivity contribution in [2.45, 2.75) is 6.18 Å². The van der Waals surface area contributed by atoms with E-state index in [-0.39, 0.29) is 10.7 Å². The van der Waals surface area contributed by atoms with Crippen molar-refractivity contribution in [3.8, 4) is 0 Å². The second-order valence-corrected chi connectivity index (χ2v) is 5.12. The van der Waals surface area contributed by atoms with Gasteiger partial charge in [-0.2, -0.15) is 13.2 Å². The van der Waals surface area contributed by atoms with Gasteiger partial charge in [-0.05, 0) is 30.3 Å². The van der Waals surface area contributed by atoms with E-state index in [1.807, 2.05) is 5.32 Å². The van der Waals surface area contributed by atoms with Crippen LogP contribution < -0.4 is 10.6 Å². The van der Waals surface area contributed by atoms with E-state index in [9.17, 15) is 26.7 Å². The lowest BCUT2D eigenvalue weighted by Crippen LogP contribution is -2.24. The van der Waals surface area contributed by atoms with E-state index in [2.05, 4.69) is 5.32 Å². The largest absolute Gasteiger partial charge is 0.418 e. The van der Waals surface area contributed by atoms with Gasteiger partial charge in [-0.25, -0.2) is 8.78 Å². The number of hydrogen-bond acceptors (Lipinski definition) is 2. The second kappa shape index (κ2) is 7.04. The number of para-hydroxylation sites is 1. The van der Waals surface area contributed by atoms with Gasteiger partial charge in [-0.1, -0.05) is 17.7 Å². The average Bonchev–Trinajstić information content (AvgIpc) is 2.49. The molecule has 0 aromatic heterocycles. The third-order valence-electron chi connectivity index (χ3n) is 2.95. The van der Waals surface area contributed by atoms with Crippen LogP contribution in [-0.2, 0) is 11.0 Å². The Balaban J connectivity index is 2.10. The van der Waals surface area contributed by atoms with Crippen LogP contribution in [0.25, 0.3) is 0 Å². The third-order valence-corrected chi connectivity index (χ3v) is 3.19. The molecule has 0 saturated carbocycles. The Morgan fingerprint density at radius 2 is 1.71 bits per heavy atom. The summed E-state index contributed by atoms with van der Waals surface area (Å²) in [5.74, 6) is -2.90. The molecule has 0 atom stereocenters. The van der Waals surface area contributed by atoms with Crippen LogP contribution >= 0.6 is 11.6 Å². The second-order valence-electron chi connectivity index (χ2n) is 4.69. The summed E-state index contributed by atoms with van der Waals surface area (Å²) in [7, 11) is 0. The number of carbonyl (C=O) groups excluding carboxylic acids is 1. The standard InChI is InChI=1S/C15H10ClF5N2O/c16-8-4-5-12(9(6-8)15(19,20)21)22-7-13(24)23-14-10(17)2-1-3-11(14)18/h1-6,22H,7H2,(H,23,24). The quantitative estimate of drug-likeness (QED) is 0.773. The first-order chi connectivity index (χ1) is 11.2. The van der Waals surface area contributed by atoms with Gasteiger partial charge in [0.25, 0.3) is 0 Å². The molecule has 0 radical (unpaired) electrons. The van der Waals surface area contributed by atoms with Gasteiger partial charge in [0.2, 0.25) is 5.91 Å². The number of anilines is 2. The van der Waals surface area contributed by atoms with Crippen LogP contribution in [0.4, 0.5) is 33.3 Å². The molecule has 2 rings (SSSR count). The van der Waals surface area contributed by atoms with Crippen LogP contribution in [0.1, 0.15) is 5.56 Å². The summed E-state index contributed by atoms with van der Waals surface area (Å²) >= 11 is 5.54. The molecule has 24 heavy (non-hydrogen) atoms. The summed E-state index contributed by atoms with van der Waals surface area (Å²) in [5.41, 5.74) is -2.10. The molecule has 1 amide bonds. The molecule has 0 aliphatic heterocycles. The predicted molar refractivity (Wildman–Crippen MR) is 79.9 cm³/mol. The fourth-order valence-electron chi connectivity index (χ4n) is 1.88. The van der Waals surface area contributed by atoms with E-state index >= 15 is 0 Å². The Morgan fingerprint density at radius 1 is 1.08 bits per heavy atom. The fraction of sp³-hybridized carbons (Fsp3) is 0.133. The van der Waals surface area contributed by atoms with Gasteiger partial charge in [0.05, 0.1) is 12.1 Å². The molecule has 0 aliphatic carbocycles. The molecule has 128 valence electrons. The minimum absolute atomic E-state index is 0.120. The molecular weight excluding hydrogens is 355 g/mol. The van der Waals surface area contributed by atoms with Gasteiger partial charge in [-0.15, -0.1) is 0 Å². The summed E-state index contributed by atoms with van der Waals surface area (Å²) in [6.45, 7) is -0.627. The zero-order valence-electron chi connectivity index (χ0n) is 11.8. The summed E-state index contributed by atoms with van der Waals surface area (Å²) < 4.78 is 65.5. The maximum Gasteiger partial charge on any atom is 0.418 e. The SMILES string of the molecule is O=C(CNc1ccc(Cl)cc1C(F)(F)F)Nc1c(F)cccc1F. The molecule has 3 nitrogen and oxygen atoms in total. The van der Waals surface area contributed by atoms with Gasteiger partial charge >= 0.3 is 6.18 Å². The van der Waals surface area contributed by atoms with Gasteiger partial charge in [0, 0.05) is 10.7 Å². The Labute approximate surface area is 138 Å². The van der Waals surface area contributed by atoms with Crippen molar-refractivity contribution in [1.82, 2.24) is 0 Å². The Kier molecular flexibility index (Phi) is 5.28. The van der Waals surface area contributed by atoms with E-state index < -0.39 is 41.5 Å². The molecule has 0 saturated heterocycles. The first-order valence-electron chi connectivity index (χ1n) is 6.53. The summed E-state index contributed by atoms with van der Waals surface area (Å²) in [5, 5.41) is 4.11. The van der Waals surface area contributed by atoms with Crippen molar-refractivity contribution in [1.29, 1.82) is 0 Å². The zero-order chi connectivity index (χ0) is 17.9. The lowest BCUT2D eigenvalue weighted by molar-refractivity contribution is -0.137. The number of amides is 1. The summed E-state index contributed by atoms with van der Waals surface area (Å²) in [6.07, 6.45) is -4.68. The molecule has 9 heteroatoms. The highest BCUT2D eigenvalue weighted by Crippen LogP contribution is 2.36. The van der Waals surface area contributed by atoms with Crippen LogP contribution in [0.15, 0.2) is 36.4 Å². The van der Waals surface area contributed by atoms with Crippen LogP contribution in [0.3, 0.4) is 0 Å². The predicted octanol–water partition coefficient (Wildman–Crippen LogP) is 4.69. The monoisotopic (exact) mass is 364 g/mol. The van der Waals surface area contributed by atoms with E-state index in [1.165, 1.54) is 6.07 Å². The van der Waals surface area contributed by atoms with Crippen molar-refractivity contribution in [3.63, 3.8) is 0 Å². The molecule has 0 heterocycles. The number of carbonyl (C=O) groups is 1. The molecule has 2 N–H and O–H groups in total. The fourth-order valence-corrected chi connectivity index (χ4v) is 2.05. The highest BCUT2D eigenvalue weighted by molar-refractivity contribution is 6.30. The third kappa shape index (κ3) is 4.35. The molecule has 0 spiro atoms. The normalized spacial score (nSPS) is 11.2. The Bertz CT molecular complexity index is 744. The zero-order valence-corrected chi connectivity index (χ0v) is 12.6. The van der Waals surface area contributed by atoms with Crippen molar-refractivity contribution >= 4 is 28.9 Å². The number of nitrogens with one attached hydrogen (secondary N) is 2. The molecule has 2 aromatic rings. The Hall–Kier alpha value is -2.35. The van der Waals surface area contributed by atoms with Crippen molar-refractivity contribution < 1.29 is 26.7 Å². The maximum atomic E-state index is 13.4. The van der Waals surface area contributed by atoms with E-state index in [4.69, 9.17) is 11.6 Å². The molecule has 0 fully saturated rings. The summed E-state index contributed by atoms with van der Waals surface area (Å²) in [4.78, 5) is 11.7. The van der Waals surface area contributed by atoms with E-state index in [1.54, 1.807) is 0 Å². The highest BCUT2D eigenvalue weighted by atomic mass is 35.5. The topological polar surface area (TPSA) is 41.1 Å². The molecule has 0 aliphatic rings. The van der Waals surface area contributed by atoms with Gasteiger partial charge in [-0.3, -0.25) is 4.79 Å². The lowest BCUT2D eigenvalue weighted by Gasteiger charge is -2.15. The minimum Gasteiger partial charge on any atom is -0.376 e. The van der Waals surface area contributed by atoms with Crippen molar-refractivity contribution in [3.05, 3.63) is 58.6 Å². The first kappa shape index (κ1) is 18.0. The maximum absolute atomic E-state index is 13.4. The molecule has 2 aromatic carbocycles. The number of hydrogen-bond donors (Lipinski definition) is 2. The first-order valence-corrected chi connectivity index (χ1v) is 6.91. The average molecular weight is 365 g/mol. The van der Waals surface area contributed by atoms with Crippen LogP contribution in [0.2, 0.25) is 5.02 Å². The molecule has 0 bridgehead atoms. The number of benzene rings is 2. The minimum atomic E-state index is -4.68.